The summed E-state index contributed by atoms with van der Waals surface area (Å²) in [7, 11) is 0. The third kappa shape index (κ3) is 5.42. The molecule has 0 heterocycles. The van der Waals surface area contributed by atoms with Crippen molar-refractivity contribution in [3.63, 3.8) is 0 Å². The minimum absolute atomic E-state index is 0.206. The van der Waals surface area contributed by atoms with E-state index in [1.807, 2.05) is 39.0 Å². The first-order valence-corrected chi connectivity index (χ1v) is 7.43. The molecule has 0 amide bonds. The maximum atomic E-state index is 11.6. The summed E-state index contributed by atoms with van der Waals surface area (Å²) in [4.78, 5) is 12.6. The van der Waals surface area contributed by atoms with Gasteiger partial charge in [-0.05, 0) is 54.4 Å². The Balaban J connectivity index is 2.56. The van der Waals surface area contributed by atoms with Crippen LogP contribution in [0.2, 0.25) is 0 Å². The molecule has 100 valence electrons. The van der Waals surface area contributed by atoms with E-state index in [0.717, 1.165) is 14.9 Å². The predicted molar refractivity (Wildman–Crippen MR) is 78.6 cm³/mol. The van der Waals surface area contributed by atoms with Gasteiger partial charge in [0.15, 0.2) is 0 Å². The molecule has 18 heavy (non-hydrogen) atoms. The topological polar surface area (TPSA) is 52.3 Å². The van der Waals surface area contributed by atoms with Gasteiger partial charge in [0.05, 0.1) is 5.75 Å². The Morgan fingerprint density at radius 3 is 2.61 bits per heavy atom. The van der Waals surface area contributed by atoms with Crippen LogP contribution >= 0.6 is 27.7 Å². The number of carbonyl (C=O) groups excluding carboxylic acids is 1. The first kappa shape index (κ1) is 15.5. The summed E-state index contributed by atoms with van der Waals surface area (Å²) >= 11 is 4.92. The van der Waals surface area contributed by atoms with Crippen LogP contribution in [0.5, 0.6) is 0 Å². The van der Waals surface area contributed by atoms with Crippen molar-refractivity contribution >= 4 is 33.7 Å². The van der Waals surface area contributed by atoms with Gasteiger partial charge in [-0.3, -0.25) is 4.79 Å². The van der Waals surface area contributed by atoms with Crippen molar-refractivity contribution in [2.45, 2.75) is 37.8 Å². The fourth-order valence-electron chi connectivity index (χ4n) is 1.30. The Morgan fingerprint density at radius 1 is 1.44 bits per heavy atom. The zero-order valence-electron chi connectivity index (χ0n) is 10.8. The molecule has 0 aliphatic rings. The summed E-state index contributed by atoms with van der Waals surface area (Å²) in [6, 6.07) is 5.89. The van der Waals surface area contributed by atoms with E-state index in [-0.39, 0.29) is 5.97 Å². The van der Waals surface area contributed by atoms with E-state index in [1.54, 1.807) is 0 Å². The Morgan fingerprint density at radius 2 is 2.11 bits per heavy atom. The molecule has 3 nitrogen and oxygen atoms in total. The highest BCUT2D eigenvalue weighted by atomic mass is 79.9. The van der Waals surface area contributed by atoms with Crippen molar-refractivity contribution in [3.05, 3.63) is 28.2 Å². The van der Waals surface area contributed by atoms with Crippen molar-refractivity contribution in [3.8, 4) is 0 Å². The highest BCUT2D eigenvalue weighted by Gasteiger charge is 2.16. The third-order valence-corrected chi connectivity index (χ3v) is 3.96. The Bertz CT molecular complexity index is 429. The summed E-state index contributed by atoms with van der Waals surface area (Å²) in [6.45, 7) is 6.10. The molecule has 0 saturated heterocycles. The molecule has 0 saturated carbocycles. The number of ether oxygens (including phenoxy) is 1. The Kier molecular flexibility index (Phi) is 5.69. The summed E-state index contributed by atoms with van der Waals surface area (Å²) in [6.07, 6.45) is 0. The fourth-order valence-corrected chi connectivity index (χ4v) is 2.76. The van der Waals surface area contributed by atoms with E-state index in [0.29, 0.717) is 12.3 Å². The molecule has 1 aromatic carbocycles. The van der Waals surface area contributed by atoms with E-state index in [1.165, 1.54) is 11.8 Å². The molecule has 1 rings (SSSR count). The molecule has 2 N–H and O–H groups in total. The van der Waals surface area contributed by atoms with Crippen LogP contribution in [0.3, 0.4) is 0 Å². The van der Waals surface area contributed by atoms with Crippen LogP contribution < -0.4 is 5.73 Å². The number of benzene rings is 1. The van der Waals surface area contributed by atoms with E-state index in [2.05, 4.69) is 15.9 Å². The lowest BCUT2D eigenvalue weighted by Crippen LogP contribution is -2.24. The molecule has 1 aromatic rings. The summed E-state index contributed by atoms with van der Waals surface area (Å²) in [5.74, 6) is 0.0972. The van der Waals surface area contributed by atoms with Crippen LogP contribution in [-0.4, -0.2) is 17.3 Å². The van der Waals surface area contributed by atoms with Gasteiger partial charge in [-0.1, -0.05) is 6.07 Å². The van der Waals surface area contributed by atoms with Crippen molar-refractivity contribution < 1.29 is 9.53 Å². The predicted octanol–water partition coefficient (Wildman–Crippen LogP) is 3.34. The first-order chi connectivity index (χ1) is 8.31. The number of carbonyl (C=O) groups is 1. The standard InChI is InChI=1S/C13H18BrNO2S/c1-13(2,3)17-12(16)8-18-11-5-4-9(7-15)6-10(11)14/h4-6H,7-8,15H2,1-3H3. The first-order valence-electron chi connectivity index (χ1n) is 5.65. The number of hydrogen-bond donors (Lipinski definition) is 1. The number of nitrogens with two attached hydrogens (primary N) is 1. The highest BCUT2D eigenvalue weighted by Crippen LogP contribution is 2.28. The maximum Gasteiger partial charge on any atom is 0.316 e. The zero-order valence-corrected chi connectivity index (χ0v) is 13.2. The molecule has 5 heteroatoms. The molecule has 0 aliphatic heterocycles. The van der Waals surface area contributed by atoms with E-state index in [9.17, 15) is 4.79 Å². The molecule has 0 spiro atoms. The van der Waals surface area contributed by atoms with Gasteiger partial charge in [0, 0.05) is 15.9 Å². The van der Waals surface area contributed by atoms with Crippen LogP contribution in [0.25, 0.3) is 0 Å². The van der Waals surface area contributed by atoms with Crippen molar-refractivity contribution in [1.82, 2.24) is 0 Å². The minimum atomic E-state index is -0.432. The van der Waals surface area contributed by atoms with Crippen LogP contribution in [0.1, 0.15) is 26.3 Å². The number of hydrogen-bond acceptors (Lipinski definition) is 4. The summed E-state index contributed by atoms with van der Waals surface area (Å²) < 4.78 is 6.21. The van der Waals surface area contributed by atoms with Crippen molar-refractivity contribution in [2.24, 2.45) is 5.73 Å². The van der Waals surface area contributed by atoms with Gasteiger partial charge in [0.25, 0.3) is 0 Å². The Labute approximate surface area is 121 Å². The normalized spacial score (nSPS) is 11.4. The van der Waals surface area contributed by atoms with Gasteiger partial charge >= 0.3 is 5.97 Å². The average molecular weight is 332 g/mol. The lowest BCUT2D eigenvalue weighted by atomic mass is 10.2. The number of esters is 1. The molecule has 0 aliphatic carbocycles. The highest BCUT2D eigenvalue weighted by molar-refractivity contribution is 9.10. The summed E-state index contributed by atoms with van der Waals surface area (Å²) in [5, 5.41) is 0. The summed E-state index contributed by atoms with van der Waals surface area (Å²) in [5.41, 5.74) is 6.19. The van der Waals surface area contributed by atoms with Crippen LogP contribution in [0, 0.1) is 0 Å². The number of thioether (sulfide) groups is 1. The lowest BCUT2D eigenvalue weighted by Gasteiger charge is -2.19. The number of rotatable bonds is 4. The van der Waals surface area contributed by atoms with Crippen LogP contribution in [0.4, 0.5) is 0 Å². The lowest BCUT2D eigenvalue weighted by molar-refractivity contribution is -0.151. The minimum Gasteiger partial charge on any atom is -0.459 e. The zero-order chi connectivity index (χ0) is 13.8. The van der Waals surface area contributed by atoms with Crippen molar-refractivity contribution in [1.29, 1.82) is 0 Å². The smallest absolute Gasteiger partial charge is 0.316 e. The van der Waals surface area contributed by atoms with Crippen molar-refractivity contribution in [2.75, 3.05) is 5.75 Å². The SMILES string of the molecule is CC(C)(C)OC(=O)CSc1ccc(CN)cc1Br. The van der Waals surface area contributed by atoms with E-state index in [4.69, 9.17) is 10.5 Å². The quantitative estimate of drug-likeness (QED) is 0.679. The van der Waals surface area contributed by atoms with E-state index < -0.39 is 5.60 Å². The van der Waals surface area contributed by atoms with Gasteiger partial charge in [0.1, 0.15) is 5.60 Å². The van der Waals surface area contributed by atoms with Gasteiger partial charge < -0.3 is 10.5 Å². The Hall–Kier alpha value is -0.520. The maximum absolute atomic E-state index is 11.6. The van der Waals surface area contributed by atoms with Crippen LogP contribution in [0.15, 0.2) is 27.6 Å². The largest absolute Gasteiger partial charge is 0.459 e. The van der Waals surface area contributed by atoms with Gasteiger partial charge in [-0.15, -0.1) is 11.8 Å². The monoisotopic (exact) mass is 331 g/mol. The number of halogens is 1. The molecular weight excluding hydrogens is 314 g/mol. The molecule has 0 fully saturated rings. The van der Waals surface area contributed by atoms with Gasteiger partial charge in [0.2, 0.25) is 0 Å². The molecule has 0 radical (unpaired) electrons. The van der Waals surface area contributed by atoms with Crippen LogP contribution in [-0.2, 0) is 16.1 Å². The molecule has 0 atom stereocenters. The molecule has 0 unspecified atom stereocenters. The molecule has 0 aromatic heterocycles. The van der Waals surface area contributed by atoms with E-state index >= 15 is 0 Å². The third-order valence-electron chi connectivity index (χ3n) is 2.00. The van der Waals surface area contributed by atoms with Gasteiger partial charge in [-0.2, -0.15) is 0 Å². The second-order valence-corrected chi connectivity index (χ2v) is 6.72. The second kappa shape index (κ2) is 6.59. The van der Waals surface area contributed by atoms with Gasteiger partial charge in [-0.25, -0.2) is 0 Å². The average Bonchev–Trinajstić information content (AvgIpc) is 2.25. The second-order valence-electron chi connectivity index (χ2n) is 4.84. The molecular formula is C13H18BrNO2S. The fraction of sp³-hybridized carbons (Fsp3) is 0.462. The molecule has 0 bridgehead atoms.